The van der Waals surface area contributed by atoms with Crippen LogP contribution in [0.3, 0.4) is 0 Å². The fourth-order valence-corrected chi connectivity index (χ4v) is 3.04. The molecule has 1 aromatic carbocycles. The van der Waals surface area contributed by atoms with Gasteiger partial charge >= 0.3 is 0 Å². The zero-order chi connectivity index (χ0) is 18.8. The molecule has 1 aliphatic rings. The van der Waals surface area contributed by atoms with Gasteiger partial charge in [-0.15, -0.1) is 0 Å². The Hall–Kier alpha value is -3.09. The minimum absolute atomic E-state index is 0.181. The Bertz CT molecular complexity index is 979. The summed E-state index contributed by atoms with van der Waals surface area (Å²) < 4.78 is 16.2. The fraction of sp³-hybridized carbons (Fsp3) is 0.350. The number of fused-ring (bicyclic) bond motifs is 1. The van der Waals surface area contributed by atoms with Gasteiger partial charge in [0.2, 0.25) is 0 Å². The molecule has 0 spiro atoms. The molecule has 0 saturated heterocycles. The van der Waals surface area contributed by atoms with Crippen LogP contribution in [0.1, 0.15) is 40.5 Å². The number of nitrogens with zero attached hydrogens (tertiary/aromatic N) is 2. The molecule has 0 unspecified atom stereocenters. The molecular weight excluding hydrogens is 346 g/mol. The van der Waals surface area contributed by atoms with Crippen molar-refractivity contribution in [2.75, 3.05) is 20.3 Å². The van der Waals surface area contributed by atoms with Crippen LogP contribution in [0.4, 0.5) is 0 Å². The maximum atomic E-state index is 12.7. The van der Waals surface area contributed by atoms with E-state index in [0.717, 1.165) is 18.5 Å². The lowest BCUT2D eigenvalue weighted by Gasteiger charge is -2.11. The van der Waals surface area contributed by atoms with Crippen LogP contribution in [0.5, 0.6) is 11.5 Å². The second-order valence-corrected chi connectivity index (χ2v) is 6.57. The first-order valence-electron chi connectivity index (χ1n) is 8.98. The highest BCUT2D eigenvalue weighted by molar-refractivity contribution is 6.06. The molecular formula is C20H21N3O4. The van der Waals surface area contributed by atoms with Crippen molar-refractivity contribution in [3.63, 3.8) is 0 Å². The van der Waals surface area contributed by atoms with Crippen molar-refractivity contribution in [2.45, 2.75) is 25.7 Å². The van der Waals surface area contributed by atoms with Gasteiger partial charge in [0.15, 0.2) is 11.5 Å². The van der Waals surface area contributed by atoms with E-state index in [1.165, 1.54) is 0 Å². The average Bonchev–Trinajstić information content (AvgIpc) is 3.48. The number of rotatable bonds is 7. The monoisotopic (exact) mass is 367 g/mol. The number of carbonyl (C=O) groups is 1. The summed E-state index contributed by atoms with van der Waals surface area (Å²) in [5.41, 5.74) is 2.54. The van der Waals surface area contributed by atoms with Crippen LogP contribution in [0.25, 0.3) is 11.1 Å². The highest BCUT2D eigenvalue weighted by Gasteiger charge is 2.28. The molecule has 7 nitrogen and oxygen atoms in total. The number of nitrogens with one attached hydrogen (secondary N) is 1. The van der Waals surface area contributed by atoms with Crippen molar-refractivity contribution in [3.8, 4) is 11.5 Å². The molecule has 1 fully saturated rings. The first-order chi connectivity index (χ1) is 13.2. The summed E-state index contributed by atoms with van der Waals surface area (Å²) in [5.74, 6) is 1.54. The molecule has 1 N–H and O–H groups in total. The number of methoxy groups -OCH3 is 1. The van der Waals surface area contributed by atoms with Crippen LogP contribution in [0.2, 0.25) is 0 Å². The number of benzene rings is 1. The number of carbonyl (C=O) groups excluding carboxylic acids is 1. The molecule has 27 heavy (non-hydrogen) atoms. The van der Waals surface area contributed by atoms with Crippen LogP contribution in [0.15, 0.2) is 34.9 Å². The number of ether oxygens (including phenoxy) is 2. The second-order valence-electron chi connectivity index (χ2n) is 6.57. The standard InChI is InChI=1S/C20H21N3O4/c1-12-18-14(11-15(13-7-8-13)22-20(18)27-23-12)19(24)21-9-10-26-17-6-4-3-5-16(17)25-2/h3-6,11,13H,7-10H2,1-2H3,(H,21,24). The van der Waals surface area contributed by atoms with Crippen LogP contribution < -0.4 is 14.8 Å². The summed E-state index contributed by atoms with van der Waals surface area (Å²) in [7, 11) is 1.59. The summed E-state index contributed by atoms with van der Waals surface area (Å²) in [6.45, 7) is 2.51. The summed E-state index contributed by atoms with van der Waals surface area (Å²) >= 11 is 0. The Morgan fingerprint density at radius 1 is 1.30 bits per heavy atom. The maximum Gasteiger partial charge on any atom is 0.259 e. The van der Waals surface area contributed by atoms with E-state index in [2.05, 4.69) is 15.5 Å². The quantitative estimate of drug-likeness (QED) is 0.645. The predicted octanol–water partition coefficient (Wildman–Crippen LogP) is 3.23. The van der Waals surface area contributed by atoms with Crippen molar-refractivity contribution in [2.24, 2.45) is 0 Å². The number of hydrogen-bond donors (Lipinski definition) is 1. The Kier molecular flexibility index (Phi) is 4.66. The Morgan fingerprint density at radius 3 is 2.81 bits per heavy atom. The molecule has 0 radical (unpaired) electrons. The van der Waals surface area contributed by atoms with E-state index in [1.54, 1.807) is 7.11 Å². The normalized spacial score (nSPS) is 13.6. The van der Waals surface area contributed by atoms with Gasteiger partial charge in [0.25, 0.3) is 11.6 Å². The molecule has 0 atom stereocenters. The zero-order valence-corrected chi connectivity index (χ0v) is 15.3. The van der Waals surface area contributed by atoms with Gasteiger partial charge in [0.1, 0.15) is 6.61 Å². The molecule has 2 heterocycles. The minimum Gasteiger partial charge on any atom is -0.493 e. The Morgan fingerprint density at radius 2 is 2.07 bits per heavy atom. The van der Waals surface area contributed by atoms with E-state index in [1.807, 2.05) is 37.3 Å². The fourth-order valence-electron chi connectivity index (χ4n) is 3.04. The van der Waals surface area contributed by atoms with Crippen LogP contribution in [0, 0.1) is 6.92 Å². The Labute approximate surface area is 156 Å². The Balaban J connectivity index is 1.44. The molecule has 3 aromatic rings. The van der Waals surface area contributed by atoms with Crippen molar-refractivity contribution in [1.82, 2.24) is 15.5 Å². The molecule has 4 rings (SSSR count). The average molecular weight is 367 g/mol. The van der Waals surface area contributed by atoms with E-state index in [0.29, 0.717) is 52.9 Å². The number of para-hydroxylation sites is 2. The second kappa shape index (κ2) is 7.26. The summed E-state index contributed by atoms with van der Waals surface area (Å²) in [6, 6.07) is 9.27. The van der Waals surface area contributed by atoms with Gasteiger partial charge in [-0.3, -0.25) is 4.79 Å². The van der Waals surface area contributed by atoms with Gasteiger partial charge in [-0.25, -0.2) is 4.98 Å². The topological polar surface area (TPSA) is 86.5 Å². The van der Waals surface area contributed by atoms with Gasteiger partial charge in [-0.1, -0.05) is 17.3 Å². The predicted molar refractivity (Wildman–Crippen MR) is 99.3 cm³/mol. The number of aromatic nitrogens is 2. The van der Waals surface area contributed by atoms with E-state index >= 15 is 0 Å². The lowest BCUT2D eigenvalue weighted by Crippen LogP contribution is -2.28. The zero-order valence-electron chi connectivity index (χ0n) is 15.3. The highest BCUT2D eigenvalue weighted by Crippen LogP contribution is 2.40. The maximum absolute atomic E-state index is 12.7. The largest absolute Gasteiger partial charge is 0.493 e. The van der Waals surface area contributed by atoms with Crippen LogP contribution >= 0.6 is 0 Å². The van der Waals surface area contributed by atoms with Crippen molar-refractivity contribution in [3.05, 3.63) is 47.3 Å². The van der Waals surface area contributed by atoms with E-state index in [-0.39, 0.29) is 5.91 Å². The molecule has 1 saturated carbocycles. The highest BCUT2D eigenvalue weighted by atomic mass is 16.5. The van der Waals surface area contributed by atoms with Crippen molar-refractivity contribution < 1.29 is 18.8 Å². The third-order valence-electron chi connectivity index (χ3n) is 4.59. The smallest absolute Gasteiger partial charge is 0.259 e. The number of pyridine rings is 1. The molecule has 1 amide bonds. The minimum atomic E-state index is -0.181. The van der Waals surface area contributed by atoms with Gasteiger partial charge in [-0.2, -0.15) is 0 Å². The van der Waals surface area contributed by atoms with Crippen LogP contribution in [-0.2, 0) is 0 Å². The van der Waals surface area contributed by atoms with Crippen molar-refractivity contribution >= 4 is 17.0 Å². The molecule has 140 valence electrons. The van der Waals surface area contributed by atoms with Crippen molar-refractivity contribution in [1.29, 1.82) is 0 Å². The van der Waals surface area contributed by atoms with Crippen LogP contribution in [-0.4, -0.2) is 36.3 Å². The van der Waals surface area contributed by atoms with Gasteiger partial charge in [0.05, 0.1) is 30.3 Å². The van der Waals surface area contributed by atoms with E-state index < -0.39 is 0 Å². The van der Waals surface area contributed by atoms with Gasteiger partial charge in [0, 0.05) is 11.6 Å². The summed E-state index contributed by atoms with van der Waals surface area (Å²) in [6.07, 6.45) is 2.19. The lowest BCUT2D eigenvalue weighted by molar-refractivity contribution is 0.0948. The first kappa shape index (κ1) is 17.3. The molecule has 1 aliphatic carbocycles. The number of hydrogen-bond acceptors (Lipinski definition) is 6. The third-order valence-corrected chi connectivity index (χ3v) is 4.59. The van der Waals surface area contributed by atoms with E-state index in [9.17, 15) is 4.79 Å². The molecule has 7 heteroatoms. The lowest BCUT2D eigenvalue weighted by atomic mass is 10.1. The summed E-state index contributed by atoms with van der Waals surface area (Å²) in [4.78, 5) is 17.3. The number of aryl methyl sites for hydroxylation is 1. The molecule has 2 aromatic heterocycles. The van der Waals surface area contributed by atoms with Gasteiger partial charge in [-0.05, 0) is 38.0 Å². The third kappa shape index (κ3) is 3.58. The molecule has 0 aliphatic heterocycles. The first-order valence-corrected chi connectivity index (χ1v) is 8.98. The number of amides is 1. The molecule has 0 bridgehead atoms. The van der Waals surface area contributed by atoms with E-state index in [4.69, 9.17) is 14.0 Å². The van der Waals surface area contributed by atoms with Gasteiger partial charge < -0.3 is 19.3 Å². The SMILES string of the molecule is COc1ccccc1OCCNC(=O)c1cc(C2CC2)nc2onc(C)c12. The summed E-state index contributed by atoms with van der Waals surface area (Å²) in [5, 5.41) is 7.53.